The second-order valence-electron chi connectivity index (χ2n) is 6.53. The van der Waals surface area contributed by atoms with Gasteiger partial charge in [0.2, 0.25) is 5.91 Å². The van der Waals surface area contributed by atoms with Gasteiger partial charge in [0.25, 0.3) is 0 Å². The fraction of sp³-hybridized carbons (Fsp3) is 0.389. The van der Waals surface area contributed by atoms with Crippen LogP contribution in [0.2, 0.25) is 0 Å². The molecule has 9 nitrogen and oxygen atoms in total. The zero-order valence-electron chi connectivity index (χ0n) is 15.5. The summed E-state index contributed by atoms with van der Waals surface area (Å²) < 4.78 is 0. The number of urea groups is 1. The highest BCUT2D eigenvalue weighted by molar-refractivity contribution is 5.78. The first-order valence-corrected chi connectivity index (χ1v) is 8.74. The number of hydrogen-bond acceptors (Lipinski definition) is 6. The number of rotatable bonds is 5. The number of hydrogen-bond donors (Lipinski definition) is 2. The third kappa shape index (κ3) is 4.30. The van der Waals surface area contributed by atoms with E-state index >= 15 is 0 Å². The maximum atomic E-state index is 12.4. The van der Waals surface area contributed by atoms with E-state index in [0.717, 1.165) is 22.6 Å². The quantitative estimate of drug-likeness (QED) is 0.795. The fourth-order valence-corrected chi connectivity index (χ4v) is 3.07. The SMILES string of the molecule is CN(C)c1nc(-c2ccncc2)nc2c1CCN(C(=O)CCNC(N)=O)C2. The summed E-state index contributed by atoms with van der Waals surface area (Å²) in [5, 5.41) is 2.44. The van der Waals surface area contributed by atoms with Gasteiger partial charge in [-0.05, 0) is 18.6 Å². The lowest BCUT2D eigenvalue weighted by Crippen LogP contribution is -2.39. The molecule has 3 heterocycles. The normalized spacial score (nSPS) is 13.0. The van der Waals surface area contributed by atoms with Crippen LogP contribution < -0.4 is 16.0 Å². The van der Waals surface area contributed by atoms with Gasteiger partial charge in [0, 0.05) is 57.1 Å². The molecule has 0 aromatic carbocycles. The molecule has 3 amide bonds. The van der Waals surface area contributed by atoms with E-state index in [0.29, 0.717) is 25.3 Å². The van der Waals surface area contributed by atoms with Gasteiger partial charge in [0.1, 0.15) is 5.82 Å². The average molecular weight is 369 g/mol. The molecule has 0 unspecified atom stereocenters. The molecule has 0 aliphatic carbocycles. The average Bonchev–Trinajstić information content (AvgIpc) is 2.66. The van der Waals surface area contributed by atoms with Crippen molar-refractivity contribution >= 4 is 17.8 Å². The highest BCUT2D eigenvalue weighted by Crippen LogP contribution is 2.28. The highest BCUT2D eigenvalue weighted by atomic mass is 16.2. The van der Waals surface area contributed by atoms with Crippen molar-refractivity contribution in [2.45, 2.75) is 19.4 Å². The first-order chi connectivity index (χ1) is 13.0. The summed E-state index contributed by atoms with van der Waals surface area (Å²) in [5.41, 5.74) is 7.83. The van der Waals surface area contributed by atoms with Crippen LogP contribution >= 0.6 is 0 Å². The number of fused-ring (bicyclic) bond motifs is 1. The molecule has 2 aromatic rings. The summed E-state index contributed by atoms with van der Waals surface area (Å²) in [4.78, 5) is 40.4. The van der Waals surface area contributed by atoms with Gasteiger partial charge in [-0.25, -0.2) is 14.8 Å². The number of nitrogens with zero attached hydrogens (tertiary/aromatic N) is 5. The van der Waals surface area contributed by atoms with Crippen molar-refractivity contribution in [3.8, 4) is 11.4 Å². The Morgan fingerprint density at radius 1 is 1.26 bits per heavy atom. The van der Waals surface area contributed by atoms with Gasteiger partial charge >= 0.3 is 6.03 Å². The predicted molar refractivity (Wildman–Crippen MR) is 101 cm³/mol. The molecule has 9 heteroatoms. The number of aromatic nitrogens is 3. The smallest absolute Gasteiger partial charge is 0.312 e. The highest BCUT2D eigenvalue weighted by Gasteiger charge is 2.26. The monoisotopic (exact) mass is 369 g/mol. The standard InChI is InChI=1S/C18H23N7O2/c1-24(2)17-13-6-10-25(15(26)5-9-21-18(19)27)11-14(13)22-16(23-17)12-3-7-20-8-4-12/h3-4,7-8H,5-6,9-11H2,1-2H3,(H3,19,21,27). The third-order valence-corrected chi connectivity index (χ3v) is 4.40. The summed E-state index contributed by atoms with van der Waals surface area (Å²) in [6.45, 7) is 1.25. The number of anilines is 1. The van der Waals surface area contributed by atoms with Crippen molar-refractivity contribution in [3.05, 3.63) is 35.8 Å². The number of carbonyl (C=O) groups excluding carboxylic acids is 2. The largest absolute Gasteiger partial charge is 0.362 e. The number of primary amides is 1. The van der Waals surface area contributed by atoms with E-state index in [4.69, 9.17) is 15.7 Å². The molecule has 0 fully saturated rings. The van der Waals surface area contributed by atoms with Crippen molar-refractivity contribution in [2.75, 3.05) is 32.1 Å². The van der Waals surface area contributed by atoms with Crippen LogP contribution in [0.15, 0.2) is 24.5 Å². The Balaban J connectivity index is 1.85. The minimum Gasteiger partial charge on any atom is -0.362 e. The summed E-state index contributed by atoms with van der Waals surface area (Å²) >= 11 is 0. The molecule has 3 rings (SSSR count). The number of nitrogens with one attached hydrogen (secondary N) is 1. The molecule has 0 saturated carbocycles. The van der Waals surface area contributed by atoms with Crippen molar-refractivity contribution in [2.24, 2.45) is 5.73 Å². The minimum atomic E-state index is -0.628. The second-order valence-corrected chi connectivity index (χ2v) is 6.53. The molecule has 0 spiro atoms. The first kappa shape index (κ1) is 18.6. The van der Waals surface area contributed by atoms with Gasteiger partial charge in [-0.3, -0.25) is 9.78 Å². The van der Waals surface area contributed by atoms with E-state index in [1.807, 2.05) is 31.1 Å². The zero-order valence-corrected chi connectivity index (χ0v) is 15.5. The van der Waals surface area contributed by atoms with E-state index in [2.05, 4.69) is 10.3 Å². The van der Waals surface area contributed by atoms with Crippen molar-refractivity contribution in [3.63, 3.8) is 0 Å². The van der Waals surface area contributed by atoms with Crippen LogP contribution in [0, 0.1) is 0 Å². The predicted octanol–water partition coefficient (Wildman–Crippen LogP) is 0.548. The van der Waals surface area contributed by atoms with Crippen molar-refractivity contribution in [1.82, 2.24) is 25.2 Å². The molecule has 0 bridgehead atoms. The van der Waals surface area contributed by atoms with Gasteiger partial charge in [-0.15, -0.1) is 0 Å². The number of carbonyl (C=O) groups is 2. The lowest BCUT2D eigenvalue weighted by molar-refractivity contribution is -0.132. The van der Waals surface area contributed by atoms with Crippen LogP contribution in [0.4, 0.5) is 10.6 Å². The van der Waals surface area contributed by atoms with Crippen LogP contribution in [0.5, 0.6) is 0 Å². The van der Waals surface area contributed by atoms with E-state index in [-0.39, 0.29) is 18.9 Å². The topological polar surface area (TPSA) is 117 Å². The Labute approximate surface area is 157 Å². The van der Waals surface area contributed by atoms with Crippen LogP contribution in [-0.4, -0.2) is 59.0 Å². The molecule has 0 saturated heterocycles. The first-order valence-electron chi connectivity index (χ1n) is 8.74. The Hall–Kier alpha value is -3.23. The number of nitrogens with two attached hydrogens (primary N) is 1. The fourth-order valence-electron chi connectivity index (χ4n) is 3.07. The van der Waals surface area contributed by atoms with Crippen molar-refractivity contribution < 1.29 is 9.59 Å². The van der Waals surface area contributed by atoms with E-state index in [1.54, 1.807) is 17.3 Å². The van der Waals surface area contributed by atoms with Crippen molar-refractivity contribution in [1.29, 1.82) is 0 Å². The lowest BCUT2D eigenvalue weighted by Gasteiger charge is -2.30. The molecule has 27 heavy (non-hydrogen) atoms. The molecule has 3 N–H and O–H groups in total. The Morgan fingerprint density at radius 2 is 2.00 bits per heavy atom. The summed E-state index contributed by atoms with van der Waals surface area (Å²) in [5.74, 6) is 1.45. The van der Waals surface area contributed by atoms with Crippen LogP contribution in [0.25, 0.3) is 11.4 Å². The molecular weight excluding hydrogens is 346 g/mol. The Kier molecular flexibility index (Phi) is 5.49. The van der Waals surface area contributed by atoms with Gasteiger partial charge < -0.3 is 20.9 Å². The second kappa shape index (κ2) is 7.98. The van der Waals surface area contributed by atoms with Gasteiger partial charge in [-0.2, -0.15) is 0 Å². The van der Waals surface area contributed by atoms with Crippen LogP contribution in [0.1, 0.15) is 17.7 Å². The van der Waals surface area contributed by atoms with Gasteiger partial charge in [0.05, 0.1) is 12.2 Å². The maximum Gasteiger partial charge on any atom is 0.312 e. The van der Waals surface area contributed by atoms with E-state index in [9.17, 15) is 9.59 Å². The van der Waals surface area contributed by atoms with Crippen LogP contribution in [-0.2, 0) is 17.8 Å². The van der Waals surface area contributed by atoms with Crippen LogP contribution in [0.3, 0.4) is 0 Å². The Morgan fingerprint density at radius 3 is 2.67 bits per heavy atom. The maximum absolute atomic E-state index is 12.4. The number of pyridine rings is 1. The van der Waals surface area contributed by atoms with E-state index < -0.39 is 6.03 Å². The lowest BCUT2D eigenvalue weighted by atomic mass is 10.0. The summed E-state index contributed by atoms with van der Waals surface area (Å²) in [6.07, 6.45) is 4.31. The molecular formula is C18H23N7O2. The number of amides is 3. The summed E-state index contributed by atoms with van der Waals surface area (Å²) in [6, 6.07) is 3.10. The van der Waals surface area contributed by atoms with Gasteiger partial charge in [-0.1, -0.05) is 0 Å². The van der Waals surface area contributed by atoms with Gasteiger partial charge in [0.15, 0.2) is 5.82 Å². The zero-order chi connectivity index (χ0) is 19.4. The molecule has 1 aliphatic rings. The molecule has 0 radical (unpaired) electrons. The molecule has 2 aromatic heterocycles. The molecule has 1 aliphatic heterocycles. The third-order valence-electron chi connectivity index (χ3n) is 4.40. The molecule has 0 atom stereocenters. The summed E-state index contributed by atoms with van der Waals surface area (Å²) in [7, 11) is 3.90. The minimum absolute atomic E-state index is 0.0372. The van der Waals surface area contributed by atoms with E-state index in [1.165, 1.54) is 0 Å². The molecule has 142 valence electrons. The Bertz CT molecular complexity index is 839.